The molecule has 2 rings (SSSR count). The number of rotatable bonds is 6. The minimum atomic E-state index is -3.43. The van der Waals surface area contributed by atoms with Gasteiger partial charge in [0.15, 0.2) is 0 Å². The normalized spacial score (nSPS) is 20.3. The molecule has 2 unspecified atom stereocenters. The smallest absolute Gasteiger partial charge is 0.216 e. The highest BCUT2D eigenvalue weighted by molar-refractivity contribution is 7.88. The summed E-state index contributed by atoms with van der Waals surface area (Å²) in [6.45, 7) is 2.53. The Morgan fingerprint density at radius 2 is 2.33 bits per heavy atom. The van der Waals surface area contributed by atoms with Gasteiger partial charge in [-0.25, -0.2) is 13.1 Å². The van der Waals surface area contributed by atoms with Gasteiger partial charge in [-0.05, 0) is 31.4 Å². The van der Waals surface area contributed by atoms with Crippen LogP contribution in [-0.2, 0) is 20.5 Å². The van der Waals surface area contributed by atoms with Gasteiger partial charge in [-0.3, -0.25) is 0 Å². The number of thiocarbonyl (C=S) groups is 1. The molecule has 3 N–H and O–H groups in total. The van der Waals surface area contributed by atoms with Gasteiger partial charge in [-0.1, -0.05) is 30.4 Å². The van der Waals surface area contributed by atoms with Crippen molar-refractivity contribution in [3.05, 3.63) is 35.4 Å². The van der Waals surface area contributed by atoms with Gasteiger partial charge in [-0.15, -0.1) is 0 Å². The Bertz CT molecular complexity index is 610. The van der Waals surface area contributed by atoms with Gasteiger partial charge in [0, 0.05) is 18.2 Å². The largest absolute Gasteiger partial charge is 0.389 e. The summed E-state index contributed by atoms with van der Waals surface area (Å²) < 4.78 is 32.6. The Balaban J connectivity index is 2.03. The molecule has 5 nitrogen and oxygen atoms in total. The predicted molar refractivity (Wildman–Crippen MR) is 86.5 cm³/mol. The van der Waals surface area contributed by atoms with E-state index in [1.165, 1.54) is 0 Å². The molecule has 1 saturated heterocycles. The number of nitrogens with two attached hydrogens (primary N) is 1. The minimum Gasteiger partial charge on any atom is -0.389 e. The zero-order valence-corrected chi connectivity index (χ0v) is 13.5. The molecule has 0 amide bonds. The Morgan fingerprint density at radius 1 is 1.57 bits per heavy atom. The van der Waals surface area contributed by atoms with Crippen molar-refractivity contribution >= 4 is 27.2 Å². The number of sulfonamides is 1. The molecule has 1 aromatic rings. The summed E-state index contributed by atoms with van der Waals surface area (Å²) in [7, 11) is -3.43. The fourth-order valence-corrected chi connectivity index (χ4v) is 3.98. The van der Waals surface area contributed by atoms with Gasteiger partial charge in [0.2, 0.25) is 10.0 Å². The van der Waals surface area contributed by atoms with Crippen LogP contribution in [-0.4, -0.2) is 32.2 Å². The lowest BCUT2D eigenvalue weighted by Crippen LogP contribution is -2.41. The van der Waals surface area contributed by atoms with Gasteiger partial charge in [-0.2, -0.15) is 0 Å². The molecule has 0 aromatic heterocycles. The number of nitrogens with one attached hydrogen (secondary N) is 1. The topological polar surface area (TPSA) is 81.4 Å². The van der Waals surface area contributed by atoms with E-state index >= 15 is 0 Å². The third kappa shape index (κ3) is 4.74. The lowest BCUT2D eigenvalue weighted by atomic mass is 10.1. The first-order valence-electron chi connectivity index (χ1n) is 6.88. The second kappa shape index (κ2) is 6.83. The van der Waals surface area contributed by atoms with Crippen LogP contribution in [0.1, 0.15) is 30.9 Å². The van der Waals surface area contributed by atoms with E-state index in [1.807, 2.05) is 6.92 Å². The van der Waals surface area contributed by atoms with E-state index in [-0.39, 0.29) is 22.9 Å². The van der Waals surface area contributed by atoms with E-state index in [9.17, 15) is 8.42 Å². The van der Waals surface area contributed by atoms with Crippen LogP contribution >= 0.6 is 12.2 Å². The molecule has 116 valence electrons. The highest BCUT2D eigenvalue weighted by Gasteiger charge is 2.26. The Kier molecular flexibility index (Phi) is 5.32. The maximum atomic E-state index is 12.2. The highest BCUT2D eigenvalue weighted by atomic mass is 32.2. The summed E-state index contributed by atoms with van der Waals surface area (Å²) in [4.78, 5) is 0.259. The van der Waals surface area contributed by atoms with Crippen LogP contribution in [0.15, 0.2) is 24.3 Å². The van der Waals surface area contributed by atoms with Crippen LogP contribution in [0.25, 0.3) is 0 Å². The lowest BCUT2D eigenvalue weighted by molar-refractivity contribution is 0.0902. The van der Waals surface area contributed by atoms with Crippen LogP contribution in [0, 0.1) is 0 Å². The summed E-state index contributed by atoms with van der Waals surface area (Å²) in [6, 6.07) is 6.75. The molecule has 1 aliphatic heterocycles. The average molecular weight is 328 g/mol. The molecule has 1 aliphatic rings. The van der Waals surface area contributed by atoms with Gasteiger partial charge >= 0.3 is 0 Å². The summed E-state index contributed by atoms with van der Waals surface area (Å²) in [6.07, 6.45) is 1.83. The van der Waals surface area contributed by atoms with E-state index < -0.39 is 10.0 Å². The molecule has 0 bridgehead atoms. The lowest BCUT2D eigenvalue weighted by Gasteiger charge is -2.20. The van der Waals surface area contributed by atoms with E-state index in [1.54, 1.807) is 24.3 Å². The third-order valence-corrected chi connectivity index (χ3v) is 5.14. The molecule has 0 spiro atoms. The van der Waals surface area contributed by atoms with Gasteiger partial charge in [0.25, 0.3) is 0 Å². The summed E-state index contributed by atoms with van der Waals surface area (Å²) in [5.74, 6) is -0.0967. The zero-order valence-electron chi connectivity index (χ0n) is 11.9. The first-order valence-corrected chi connectivity index (χ1v) is 8.94. The first-order chi connectivity index (χ1) is 9.87. The first kappa shape index (κ1) is 16.4. The van der Waals surface area contributed by atoms with Crippen LogP contribution in [0.4, 0.5) is 0 Å². The molecule has 1 aromatic carbocycles. The van der Waals surface area contributed by atoms with Crippen LogP contribution < -0.4 is 10.5 Å². The maximum absolute atomic E-state index is 12.2. The zero-order chi connectivity index (χ0) is 15.5. The molecule has 21 heavy (non-hydrogen) atoms. The molecule has 7 heteroatoms. The molecule has 2 atom stereocenters. The van der Waals surface area contributed by atoms with E-state index in [4.69, 9.17) is 22.7 Å². The fourth-order valence-electron chi connectivity index (χ4n) is 2.43. The number of benzene rings is 1. The Hall–Kier alpha value is -1.02. The van der Waals surface area contributed by atoms with Crippen molar-refractivity contribution in [2.24, 2.45) is 5.73 Å². The predicted octanol–water partition coefficient (Wildman–Crippen LogP) is 1.31. The molecular weight excluding hydrogens is 308 g/mol. The van der Waals surface area contributed by atoms with Crippen molar-refractivity contribution in [1.29, 1.82) is 0 Å². The molecule has 0 saturated carbocycles. The highest BCUT2D eigenvalue weighted by Crippen LogP contribution is 2.17. The van der Waals surface area contributed by atoms with Crippen LogP contribution in [0.2, 0.25) is 0 Å². The van der Waals surface area contributed by atoms with Crippen molar-refractivity contribution in [1.82, 2.24) is 4.72 Å². The summed E-state index contributed by atoms with van der Waals surface area (Å²) >= 11 is 4.90. The number of hydrogen-bond acceptors (Lipinski definition) is 4. The second-order valence-corrected chi connectivity index (χ2v) is 7.48. The van der Waals surface area contributed by atoms with Crippen molar-refractivity contribution in [3.8, 4) is 0 Å². The number of ether oxygens (including phenoxy) is 1. The molecule has 1 heterocycles. The maximum Gasteiger partial charge on any atom is 0.216 e. The average Bonchev–Trinajstić information content (AvgIpc) is 2.91. The molecule has 0 aliphatic carbocycles. The van der Waals surface area contributed by atoms with Crippen molar-refractivity contribution < 1.29 is 13.2 Å². The van der Waals surface area contributed by atoms with Crippen LogP contribution in [0.5, 0.6) is 0 Å². The van der Waals surface area contributed by atoms with Gasteiger partial charge < -0.3 is 10.5 Å². The standard InChI is InChI=1S/C14H20N2O3S2/c1-10(13-6-3-7-19-13)16-21(17,18)9-11-4-2-5-12(8-11)14(15)20/h2,4-5,8,10,13,16H,3,6-7,9H2,1H3,(H2,15,20). The second-order valence-electron chi connectivity index (χ2n) is 5.28. The number of hydrogen-bond donors (Lipinski definition) is 2. The van der Waals surface area contributed by atoms with E-state index in [0.717, 1.165) is 12.8 Å². The van der Waals surface area contributed by atoms with Crippen molar-refractivity contribution in [2.75, 3.05) is 6.61 Å². The minimum absolute atomic E-state index is 0.0391. The van der Waals surface area contributed by atoms with Crippen molar-refractivity contribution in [3.63, 3.8) is 0 Å². The fraction of sp³-hybridized carbons (Fsp3) is 0.500. The Labute approximate surface area is 130 Å². The SMILES string of the molecule is CC(NS(=O)(=O)Cc1cccc(C(N)=S)c1)C1CCCO1. The monoisotopic (exact) mass is 328 g/mol. The van der Waals surface area contributed by atoms with Crippen molar-refractivity contribution in [2.45, 2.75) is 37.7 Å². The summed E-state index contributed by atoms with van der Waals surface area (Å²) in [5, 5.41) is 0. The summed E-state index contributed by atoms with van der Waals surface area (Å²) in [5.41, 5.74) is 6.89. The molecular formula is C14H20N2O3S2. The Morgan fingerprint density at radius 3 is 2.95 bits per heavy atom. The van der Waals surface area contributed by atoms with Crippen LogP contribution in [0.3, 0.4) is 0 Å². The van der Waals surface area contributed by atoms with Gasteiger partial charge in [0.05, 0.1) is 11.9 Å². The van der Waals surface area contributed by atoms with Gasteiger partial charge in [0.1, 0.15) is 4.99 Å². The molecule has 0 radical (unpaired) electrons. The quantitative estimate of drug-likeness (QED) is 0.770. The molecule has 1 fully saturated rings. The van der Waals surface area contributed by atoms with E-state index in [2.05, 4.69) is 4.72 Å². The van der Waals surface area contributed by atoms with E-state index in [0.29, 0.717) is 17.7 Å². The third-order valence-electron chi connectivity index (χ3n) is 3.46.